The number of aryl methyl sites for hydroxylation is 1. The predicted molar refractivity (Wildman–Crippen MR) is 153 cm³/mol. The first kappa shape index (κ1) is 31.5. The SMILES string of the molecule is CCN(CC)CCN(C(=O)OCCCNC(=O)CCO)C(=O)c1c(C)[nH]c(C=C2C(=O)Nc3ccc(F)cc32)c1C. The number of H-pyrrole nitrogens is 1. The number of hydrogen-bond donors (Lipinski definition) is 4. The molecule has 222 valence electrons. The summed E-state index contributed by atoms with van der Waals surface area (Å²) >= 11 is 0. The van der Waals surface area contributed by atoms with Gasteiger partial charge in [-0.15, -0.1) is 0 Å². The number of aromatic amines is 1. The zero-order valence-corrected chi connectivity index (χ0v) is 23.9. The molecule has 0 unspecified atom stereocenters. The number of aliphatic hydroxyl groups excluding tert-OH is 1. The Morgan fingerprint density at radius 2 is 1.88 bits per heavy atom. The van der Waals surface area contributed by atoms with Crippen LogP contribution in [0, 0.1) is 19.7 Å². The summed E-state index contributed by atoms with van der Waals surface area (Å²) in [6.07, 6.45) is 1.10. The number of nitrogens with zero attached hydrogens (tertiary/aromatic N) is 2. The predicted octanol–water partition coefficient (Wildman–Crippen LogP) is 3.07. The van der Waals surface area contributed by atoms with Gasteiger partial charge in [0.15, 0.2) is 0 Å². The first-order valence-corrected chi connectivity index (χ1v) is 13.7. The monoisotopic (exact) mass is 571 g/mol. The number of amides is 4. The Bertz CT molecular complexity index is 1320. The Labute approximate surface area is 238 Å². The first-order valence-electron chi connectivity index (χ1n) is 13.7. The van der Waals surface area contributed by atoms with Crippen LogP contribution in [0.5, 0.6) is 0 Å². The van der Waals surface area contributed by atoms with Crippen LogP contribution >= 0.6 is 0 Å². The highest BCUT2D eigenvalue weighted by Gasteiger charge is 2.30. The molecular formula is C29H38FN5O6. The number of fused-ring (bicyclic) bond motifs is 1. The average molecular weight is 572 g/mol. The maximum absolute atomic E-state index is 13.9. The lowest BCUT2D eigenvalue weighted by Gasteiger charge is -2.25. The Hall–Kier alpha value is -4.03. The molecule has 0 radical (unpaired) electrons. The van der Waals surface area contributed by atoms with Crippen molar-refractivity contribution in [3.05, 3.63) is 52.1 Å². The third kappa shape index (κ3) is 7.80. The number of carbonyl (C=O) groups excluding carboxylic acids is 4. The topological polar surface area (TPSA) is 144 Å². The number of likely N-dealkylation sites (N-methyl/N-ethyl adjacent to an activating group) is 1. The fraction of sp³-hybridized carbons (Fsp3) is 0.448. The van der Waals surface area contributed by atoms with Gasteiger partial charge in [-0.05, 0) is 63.2 Å². The highest BCUT2D eigenvalue weighted by molar-refractivity contribution is 6.35. The number of aromatic nitrogens is 1. The van der Waals surface area contributed by atoms with Gasteiger partial charge in [-0.25, -0.2) is 14.1 Å². The molecule has 0 fully saturated rings. The number of benzene rings is 1. The molecule has 0 atom stereocenters. The summed E-state index contributed by atoms with van der Waals surface area (Å²) in [4.78, 5) is 57.3. The second-order valence-electron chi connectivity index (χ2n) is 9.64. The number of anilines is 1. The van der Waals surface area contributed by atoms with Crippen LogP contribution in [0.3, 0.4) is 0 Å². The van der Waals surface area contributed by atoms with E-state index in [9.17, 15) is 23.6 Å². The fourth-order valence-electron chi connectivity index (χ4n) is 4.61. The van der Waals surface area contributed by atoms with Gasteiger partial charge in [0.05, 0.1) is 24.4 Å². The zero-order valence-electron chi connectivity index (χ0n) is 23.9. The zero-order chi connectivity index (χ0) is 30.1. The Morgan fingerprint density at radius 1 is 1.15 bits per heavy atom. The van der Waals surface area contributed by atoms with Crippen molar-refractivity contribution < 1.29 is 33.4 Å². The molecule has 1 aromatic carbocycles. The van der Waals surface area contributed by atoms with E-state index in [1.807, 2.05) is 13.8 Å². The summed E-state index contributed by atoms with van der Waals surface area (Å²) in [6.45, 7) is 9.42. The van der Waals surface area contributed by atoms with Crippen LogP contribution < -0.4 is 10.6 Å². The summed E-state index contributed by atoms with van der Waals surface area (Å²) in [5.74, 6) is -1.71. The van der Waals surface area contributed by atoms with Crippen molar-refractivity contribution in [1.29, 1.82) is 0 Å². The minimum absolute atomic E-state index is 0.00443. The maximum atomic E-state index is 13.9. The minimum atomic E-state index is -0.802. The first-order chi connectivity index (χ1) is 19.6. The minimum Gasteiger partial charge on any atom is -0.449 e. The number of halogens is 1. The van der Waals surface area contributed by atoms with E-state index in [-0.39, 0.29) is 55.7 Å². The molecule has 4 amide bonds. The number of hydrogen-bond acceptors (Lipinski definition) is 7. The maximum Gasteiger partial charge on any atom is 0.416 e. The molecule has 0 bridgehead atoms. The summed E-state index contributed by atoms with van der Waals surface area (Å²) < 4.78 is 19.3. The molecule has 1 aliphatic rings. The van der Waals surface area contributed by atoms with Crippen LogP contribution in [0.2, 0.25) is 0 Å². The van der Waals surface area contributed by atoms with Crippen LogP contribution in [0.4, 0.5) is 14.9 Å². The molecule has 1 aromatic heterocycles. The highest BCUT2D eigenvalue weighted by Crippen LogP contribution is 2.34. The van der Waals surface area contributed by atoms with Gasteiger partial charge < -0.3 is 30.4 Å². The van der Waals surface area contributed by atoms with Gasteiger partial charge in [0, 0.05) is 48.7 Å². The number of nitrogens with one attached hydrogen (secondary N) is 3. The molecule has 0 spiro atoms. The second kappa shape index (κ2) is 14.6. The largest absolute Gasteiger partial charge is 0.449 e. The van der Waals surface area contributed by atoms with E-state index in [0.29, 0.717) is 41.2 Å². The van der Waals surface area contributed by atoms with Gasteiger partial charge in [0.25, 0.3) is 11.8 Å². The van der Waals surface area contributed by atoms with E-state index in [1.54, 1.807) is 19.9 Å². The van der Waals surface area contributed by atoms with E-state index < -0.39 is 17.8 Å². The van der Waals surface area contributed by atoms with Gasteiger partial charge in [0.1, 0.15) is 5.82 Å². The third-order valence-electron chi connectivity index (χ3n) is 6.95. The Kier molecular flexibility index (Phi) is 11.2. The van der Waals surface area contributed by atoms with Crippen LogP contribution in [0.1, 0.15) is 59.6 Å². The summed E-state index contributed by atoms with van der Waals surface area (Å²) in [6, 6.07) is 4.04. The van der Waals surface area contributed by atoms with Gasteiger partial charge in [-0.1, -0.05) is 13.8 Å². The average Bonchev–Trinajstić information content (AvgIpc) is 3.39. The molecular weight excluding hydrogens is 533 g/mol. The second-order valence-corrected chi connectivity index (χ2v) is 9.64. The molecule has 41 heavy (non-hydrogen) atoms. The van der Waals surface area contributed by atoms with Crippen LogP contribution in [0.25, 0.3) is 11.6 Å². The van der Waals surface area contributed by atoms with Crippen molar-refractivity contribution in [2.45, 2.75) is 40.5 Å². The molecule has 3 rings (SSSR count). The van der Waals surface area contributed by atoms with Crippen molar-refractivity contribution in [2.24, 2.45) is 0 Å². The fourth-order valence-corrected chi connectivity index (χ4v) is 4.61. The van der Waals surface area contributed by atoms with Gasteiger partial charge in [-0.3, -0.25) is 14.4 Å². The van der Waals surface area contributed by atoms with E-state index in [2.05, 4.69) is 20.5 Å². The normalized spacial score (nSPS) is 13.3. The highest BCUT2D eigenvalue weighted by atomic mass is 19.1. The molecule has 11 nitrogen and oxygen atoms in total. The van der Waals surface area contributed by atoms with Gasteiger partial charge in [0.2, 0.25) is 5.91 Å². The molecule has 12 heteroatoms. The smallest absolute Gasteiger partial charge is 0.416 e. The summed E-state index contributed by atoms with van der Waals surface area (Å²) in [5, 5.41) is 14.1. The van der Waals surface area contributed by atoms with E-state index >= 15 is 0 Å². The number of carbonyl (C=O) groups is 4. The number of ether oxygens (including phenoxy) is 1. The summed E-state index contributed by atoms with van der Waals surface area (Å²) in [5.41, 5.74) is 2.98. The molecule has 4 N–H and O–H groups in total. The quantitative estimate of drug-likeness (QED) is 0.214. The molecule has 2 aromatic rings. The number of aliphatic hydroxyl groups is 1. The van der Waals surface area contributed by atoms with E-state index in [1.165, 1.54) is 18.2 Å². The third-order valence-corrected chi connectivity index (χ3v) is 6.95. The van der Waals surface area contributed by atoms with E-state index in [4.69, 9.17) is 9.84 Å². The number of imide groups is 1. The van der Waals surface area contributed by atoms with Crippen molar-refractivity contribution in [2.75, 3.05) is 51.3 Å². The van der Waals surface area contributed by atoms with Crippen molar-refractivity contribution in [3.8, 4) is 0 Å². The molecule has 1 aliphatic heterocycles. The Morgan fingerprint density at radius 3 is 2.56 bits per heavy atom. The van der Waals surface area contributed by atoms with E-state index in [0.717, 1.165) is 18.0 Å². The van der Waals surface area contributed by atoms with Crippen molar-refractivity contribution >= 4 is 41.2 Å². The summed E-state index contributed by atoms with van der Waals surface area (Å²) in [7, 11) is 0. The molecule has 0 saturated heterocycles. The van der Waals surface area contributed by atoms with Crippen molar-refractivity contribution in [1.82, 2.24) is 20.1 Å². The van der Waals surface area contributed by atoms with Gasteiger partial charge in [-0.2, -0.15) is 0 Å². The molecule has 0 aliphatic carbocycles. The molecule has 2 heterocycles. The van der Waals surface area contributed by atoms with Crippen LogP contribution in [0.15, 0.2) is 18.2 Å². The molecule has 0 saturated carbocycles. The van der Waals surface area contributed by atoms with Crippen LogP contribution in [-0.2, 0) is 14.3 Å². The standard InChI is InChI=1S/C29H38FN5O6/c1-5-34(6-2)12-13-35(29(40)41-15-7-11-31-25(37)10-14-36)28(39)26-18(3)24(32-19(26)4)17-22-21-16-20(30)8-9-23(21)33-27(22)38/h8-9,16-17,32,36H,5-7,10-15H2,1-4H3,(H,31,37)(H,33,38). The lowest BCUT2D eigenvalue weighted by atomic mass is 10.0. The Balaban J connectivity index is 1.82. The number of rotatable bonds is 13. The lowest BCUT2D eigenvalue weighted by Crippen LogP contribution is -2.43. The lowest BCUT2D eigenvalue weighted by molar-refractivity contribution is -0.121. The van der Waals surface area contributed by atoms with Crippen LogP contribution in [-0.4, -0.2) is 89.6 Å². The van der Waals surface area contributed by atoms with Gasteiger partial charge >= 0.3 is 6.09 Å². The van der Waals surface area contributed by atoms with Crippen molar-refractivity contribution in [3.63, 3.8) is 0 Å².